The Morgan fingerprint density at radius 3 is 2.48 bits per heavy atom. The zero-order chi connectivity index (χ0) is 15.5. The first-order valence-electron chi connectivity index (χ1n) is 7.30. The molecule has 2 rings (SSSR count). The highest BCUT2D eigenvalue weighted by Crippen LogP contribution is 2.42. The molecule has 0 heterocycles. The zero-order valence-corrected chi connectivity index (χ0v) is 12.1. The van der Waals surface area contributed by atoms with Crippen molar-refractivity contribution >= 4 is 11.9 Å². The predicted molar refractivity (Wildman–Crippen MR) is 76.4 cm³/mol. The molecule has 0 aliphatic heterocycles. The Morgan fingerprint density at radius 1 is 1.33 bits per heavy atom. The summed E-state index contributed by atoms with van der Waals surface area (Å²) in [7, 11) is 0. The van der Waals surface area contributed by atoms with Crippen molar-refractivity contribution in [2.75, 3.05) is 0 Å². The van der Waals surface area contributed by atoms with Crippen LogP contribution in [0.4, 0.5) is 4.39 Å². The van der Waals surface area contributed by atoms with E-state index >= 15 is 0 Å². The minimum absolute atomic E-state index is 0.300. The fraction of sp³-hybridized carbons (Fsp3) is 0.500. The van der Waals surface area contributed by atoms with Crippen molar-refractivity contribution in [3.05, 3.63) is 35.6 Å². The monoisotopic (exact) mass is 293 g/mol. The Bertz CT molecular complexity index is 538. The van der Waals surface area contributed by atoms with Gasteiger partial charge >= 0.3 is 5.97 Å². The van der Waals surface area contributed by atoms with Gasteiger partial charge in [0.05, 0.1) is 5.41 Å². The van der Waals surface area contributed by atoms with Crippen LogP contribution in [-0.2, 0) is 15.0 Å². The van der Waals surface area contributed by atoms with Gasteiger partial charge in [0.2, 0.25) is 5.91 Å². The van der Waals surface area contributed by atoms with Crippen molar-refractivity contribution in [2.45, 2.75) is 50.5 Å². The lowest BCUT2D eigenvalue weighted by Crippen LogP contribution is -2.49. The van der Waals surface area contributed by atoms with Gasteiger partial charge in [-0.15, -0.1) is 0 Å². The Kier molecular flexibility index (Phi) is 4.60. The van der Waals surface area contributed by atoms with Gasteiger partial charge in [0.1, 0.15) is 11.9 Å². The SMILES string of the molecule is CCC(NC(=O)C1(c2ccccc2F)CCCC1)C(=O)O. The first-order chi connectivity index (χ1) is 10.0. The number of nitrogens with one attached hydrogen (secondary N) is 1. The molecule has 0 radical (unpaired) electrons. The van der Waals surface area contributed by atoms with Crippen LogP contribution in [0, 0.1) is 5.82 Å². The molecule has 1 aromatic carbocycles. The quantitative estimate of drug-likeness (QED) is 0.877. The number of carbonyl (C=O) groups excluding carboxylic acids is 1. The Balaban J connectivity index is 2.33. The molecule has 0 spiro atoms. The first-order valence-corrected chi connectivity index (χ1v) is 7.30. The van der Waals surface area contributed by atoms with E-state index in [9.17, 15) is 14.0 Å². The van der Waals surface area contributed by atoms with Gasteiger partial charge in [0, 0.05) is 5.56 Å². The summed E-state index contributed by atoms with van der Waals surface area (Å²) in [4.78, 5) is 23.8. The summed E-state index contributed by atoms with van der Waals surface area (Å²) in [6.07, 6.45) is 3.08. The summed E-state index contributed by atoms with van der Waals surface area (Å²) in [5, 5.41) is 11.7. The van der Waals surface area contributed by atoms with Crippen molar-refractivity contribution in [3.63, 3.8) is 0 Å². The molecule has 0 saturated heterocycles. The Labute approximate surface area is 123 Å². The number of hydrogen-bond donors (Lipinski definition) is 2. The number of benzene rings is 1. The number of aliphatic carboxylic acids is 1. The van der Waals surface area contributed by atoms with Gasteiger partial charge in [-0.2, -0.15) is 0 Å². The van der Waals surface area contributed by atoms with Crippen LogP contribution < -0.4 is 5.32 Å². The van der Waals surface area contributed by atoms with E-state index in [2.05, 4.69) is 5.32 Å². The lowest BCUT2D eigenvalue weighted by molar-refractivity contribution is -0.142. The Hall–Kier alpha value is -1.91. The van der Waals surface area contributed by atoms with Crippen molar-refractivity contribution in [2.24, 2.45) is 0 Å². The average Bonchev–Trinajstić information content (AvgIpc) is 2.95. The number of halogens is 1. The van der Waals surface area contributed by atoms with Crippen LogP contribution >= 0.6 is 0 Å². The highest BCUT2D eigenvalue weighted by atomic mass is 19.1. The molecule has 0 bridgehead atoms. The summed E-state index contributed by atoms with van der Waals surface area (Å²) < 4.78 is 14.1. The topological polar surface area (TPSA) is 66.4 Å². The third kappa shape index (κ3) is 2.91. The second-order valence-electron chi connectivity index (χ2n) is 5.54. The second kappa shape index (κ2) is 6.24. The summed E-state index contributed by atoms with van der Waals surface area (Å²) in [6.45, 7) is 1.70. The summed E-state index contributed by atoms with van der Waals surface area (Å²) in [5.74, 6) is -1.84. The van der Waals surface area contributed by atoms with E-state index in [1.54, 1.807) is 25.1 Å². The fourth-order valence-corrected chi connectivity index (χ4v) is 3.08. The predicted octanol–water partition coefficient (Wildman–Crippen LogP) is 2.62. The molecule has 1 saturated carbocycles. The third-order valence-corrected chi connectivity index (χ3v) is 4.29. The highest BCUT2D eigenvalue weighted by molar-refractivity contribution is 5.91. The number of hydrogen-bond acceptors (Lipinski definition) is 2. The number of carbonyl (C=O) groups is 2. The first kappa shape index (κ1) is 15.5. The molecule has 1 fully saturated rings. The van der Waals surface area contributed by atoms with Crippen molar-refractivity contribution in [3.8, 4) is 0 Å². The number of rotatable bonds is 5. The molecule has 4 nitrogen and oxygen atoms in total. The van der Waals surface area contributed by atoms with Crippen LogP contribution in [0.3, 0.4) is 0 Å². The molecule has 1 aromatic rings. The smallest absolute Gasteiger partial charge is 0.326 e. The van der Waals surface area contributed by atoms with Crippen LogP contribution in [0.1, 0.15) is 44.6 Å². The molecular weight excluding hydrogens is 273 g/mol. The van der Waals surface area contributed by atoms with Crippen LogP contribution in [0.5, 0.6) is 0 Å². The third-order valence-electron chi connectivity index (χ3n) is 4.29. The minimum Gasteiger partial charge on any atom is -0.480 e. The van der Waals surface area contributed by atoms with Crippen molar-refractivity contribution in [1.82, 2.24) is 5.32 Å². The van der Waals surface area contributed by atoms with Crippen LogP contribution in [0.25, 0.3) is 0 Å². The molecule has 114 valence electrons. The number of amides is 1. The molecule has 2 N–H and O–H groups in total. The lowest BCUT2D eigenvalue weighted by Gasteiger charge is -2.30. The normalized spacial score (nSPS) is 18.2. The van der Waals surface area contributed by atoms with Crippen LogP contribution in [0.2, 0.25) is 0 Å². The molecule has 1 unspecified atom stereocenters. The standard InChI is InChI=1S/C16H20FNO3/c1-2-13(14(19)20)18-15(21)16(9-5-6-10-16)11-7-3-4-8-12(11)17/h3-4,7-8,13H,2,5-6,9-10H2,1H3,(H,18,21)(H,19,20). The average molecular weight is 293 g/mol. The van der Waals surface area contributed by atoms with E-state index in [1.807, 2.05) is 0 Å². The fourth-order valence-electron chi connectivity index (χ4n) is 3.08. The second-order valence-corrected chi connectivity index (χ2v) is 5.54. The van der Waals surface area contributed by atoms with Crippen LogP contribution in [-0.4, -0.2) is 23.0 Å². The molecule has 0 aromatic heterocycles. The molecule has 21 heavy (non-hydrogen) atoms. The molecule has 1 atom stereocenters. The Morgan fingerprint density at radius 2 is 1.95 bits per heavy atom. The lowest BCUT2D eigenvalue weighted by atomic mass is 9.77. The largest absolute Gasteiger partial charge is 0.480 e. The van der Waals surface area contributed by atoms with Gasteiger partial charge in [-0.05, 0) is 25.3 Å². The maximum Gasteiger partial charge on any atom is 0.326 e. The molecule has 1 amide bonds. The molecule has 1 aliphatic carbocycles. The highest BCUT2D eigenvalue weighted by Gasteiger charge is 2.45. The molecule has 1 aliphatic rings. The number of carboxylic acid groups (broad SMARTS) is 1. The summed E-state index contributed by atoms with van der Waals surface area (Å²) in [5.41, 5.74) is -0.561. The van der Waals surface area contributed by atoms with Gasteiger partial charge < -0.3 is 10.4 Å². The van der Waals surface area contributed by atoms with E-state index in [0.29, 0.717) is 24.8 Å². The van der Waals surface area contributed by atoms with E-state index in [4.69, 9.17) is 5.11 Å². The maximum atomic E-state index is 14.1. The van der Waals surface area contributed by atoms with E-state index < -0.39 is 23.2 Å². The van der Waals surface area contributed by atoms with E-state index in [1.165, 1.54) is 6.07 Å². The van der Waals surface area contributed by atoms with Crippen molar-refractivity contribution < 1.29 is 19.1 Å². The maximum absolute atomic E-state index is 14.1. The molecular formula is C16H20FNO3. The van der Waals surface area contributed by atoms with Gasteiger partial charge in [0.15, 0.2) is 0 Å². The molecule has 5 heteroatoms. The van der Waals surface area contributed by atoms with Gasteiger partial charge in [-0.3, -0.25) is 4.79 Å². The van der Waals surface area contributed by atoms with Crippen LogP contribution in [0.15, 0.2) is 24.3 Å². The van der Waals surface area contributed by atoms with E-state index in [-0.39, 0.29) is 5.91 Å². The summed E-state index contributed by atoms with van der Waals surface area (Å²) >= 11 is 0. The minimum atomic E-state index is -1.06. The number of carboxylic acids is 1. The van der Waals surface area contributed by atoms with Gasteiger partial charge in [-0.25, -0.2) is 9.18 Å². The van der Waals surface area contributed by atoms with Gasteiger partial charge in [-0.1, -0.05) is 38.0 Å². The van der Waals surface area contributed by atoms with Crippen molar-refractivity contribution in [1.29, 1.82) is 0 Å². The zero-order valence-electron chi connectivity index (χ0n) is 12.1. The van der Waals surface area contributed by atoms with E-state index in [0.717, 1.165) is 12.8 Å². The summed E-state index contributed by atoms with van der Waals surface area (Å²) in [6, 6.07) is 5.34. The van der Waals surface area contributed by atoms with Gasteiger partial charge in [0.25, 0.3) is 0 Å².